The topological polar surface area (TPSA) is 86.1 Å². The summed E-state index contributed by atoms with van der Waals surface area (Å²) in [5.41, 5.74) is 0. The van der Waals surface area contributed by atoms with E-state index in [1.807, 2.05) is 4.68 Å². The van der Waals surface area contributed by atoms with Crippen molar-refractivity contribution in [1.29, 1.82) is 0 Å². The van der Waals surface area contributed by atoms with Crippen LogP contribution in [0.1, 0.15) is 37.5 Å². The lowest BCUT2D eigenvalue weighted by Gasteiger charge is -2.28. The van der Waals surface area contributed by atoms with Crippen LogP contribution in [0.25, 0.3) is 0 Å². The molecule has 1 fully saturated rings. The Balaban J connectivity index is 1.99. The molecule has 2 atom stereocenters. The standard InChI is InChI=1S/C13H24N4O3S/c1-20-7-6-14-9-13-15-10-16-17(13)11-4-3-5-12(8-11)21(2,18)19/h10-12,14H,3-9H2,1-2H3. The Morgan fingerprint density at radius 1 is 1.48 bits per heavy atom. The zero-order chi connectivity index (χ0) is 15.3. The summed E-state index contributed by atoms with van der Waals surface area (Å²) in [6.07, 6.45) is 6.13. The molecule has 0 radical (unpaired) electrons. The van der Waals surface area contributed by atoms with Crippen LogP contribution in [0, 0.1) is 0 Å². The van der Waals surface area contributed by atoms with E-state index in [-0.39, 0.29) is 11.3 Å². The molecule has 2 unspecified atom stereocenters. The Morgan fingerprint density at radius 3 is 3.00 bits per heavy atom. The zero-order valence-electron chi connectivity index (χ0n) is 12.7. The number of methoxy groups -OCH3 is 1. The smallest absolute Gasteiger partial charge is 0.150 e. The van der Waals surface area contributed by atoms with Crippen LogP contribution in [-0.2, 0) is 21.1 Å². The maximum absolute atomic E-state index is 11.8. The molecule has 0 bridgehead atoms. The summed E-state index contributed by atoms with van der Waals surface area (Å²) in [6, 6.07) is 0.125. The highest BCUT2D eigenvalue weighted by molar-refractivity contribution is 7.91. The van der Waals surface area contributed by atoms with Gasteiger partial charge in [-0.15, -0.1) is 0 Å². The average molecular weight is 316 g/mol. The van der Waals surface area contributed by atoms with Gasteiger partial charge in [0.15, 0.2) is 0 Å². The van der Waals surface area contributed by atoms with Gasteiger partial charge in [0.05, 0.1) is 24.4 Å². The SMILES string of the molecule is COCCNCc1ncnn1C1CCCC(S(C)(=O)=O)C1. The molecule has 1 heterocycles. The number of hydrogen-bond acceptors (Lipinski definition) is 6. The molecule has 8 heteroatoms. The van der Waals surface area contributed by atoms with Gasteiger partial charge in [0, 0.05) is 19.9 Å². The molecular weight excluding hydrogens is 292 g/mol. The van der Waals surface area contributed by atoms with Crippen LogP contribution >= 0.6 is 0 Å². The average Bonchev–Trinajstić information content (AvgIpc) is 2.91. The molecule has 0 aromatic carbocycles. The molecule has 0 aliphatic heterocycles. The molecule has 1 aromatic heterocycles. The number of nitrogens with zero attached hydrogens (tertiary/aromatic N) is 3. The van der Waals surface area contributed by atoms with Crippen LogP contribution in [0.5, 0.6) is 0 Å². The van der Waals surface area contributed by atoms with Gasteiger partial charge in [0.25, 0.3) is 0 Å². The fraction of sp³-hybridized carbons (Fsp3) is 0.846. The van der Waals surface area contributed by atoms with E-state index in [9.17, 15) is 8.42 Å². The maximum Gasteiger partial charge on any atom is 0.150 e. The van der Waals surface area contributed by atoms with Gasteiger partial charge in [0.1, 0.15) is 22.0 Å². The molecule has 1 aliphatic carbocycles. The van der Waals surface area contributed by atoms with Crippen molar-refractivity contribution in [3.63, 3.8) is 0 Å². The van der Waals surface area contributed by atoms with Crippen molar-refractivity contribution in [2.24, 2.45) is 0 Å². The Bertz CT molecular complexity index is 543. The van der Waals surface area contributed by atoms with Crippen LogP contribution in [0.2, 0.25) is 0 Å². The van der Waals surface area contributed by atoms with Crippen LogP contribution in [0.15, 0.2) is 6.33 Å². The van der Waals surface area contributed by atoms with Crippen molar-refractivity contribution in [1.82, 2.24) is 20.1 Å². The minimum Gasteiger partial charge on any atom is -0.383 e. The fourth-order valence-electron chi connectivity index (χ4n) is 2.81. The highest BCUT2D eigenvalue weighted by Crippen LogP contribution is 2.31. The van der Waals surface area contributed by atoms with E-state index in [2.05, 4.69) is 15.4 Å². The van der Waals surface area contributed by atoms with Crippen molar-refractivity contribution < 1.29 is 13.2 Å². The van der Waals surface area contributed by atoms with Crippen molar-refractivity contribution in [3.05, 3.63) is 12.2 Å². The first-order valence-corrected chi connectivity index (χ1v) is 9.24. The molecule has 120 valence electrons. The number of aromatic nitrogens is 3. The third-order valence-corrected chi connectivity index (χ3v) is 5.60. The van der Waals surface area contributed by atoms with Crippen molar-refractivity contribution >= 4 is 9.84 Å². The van der Waals surface area contributed by atoms with Crippen LogP contribution in [0.4, 0.5) is 0 Å². The third-order valence-electron chi connectivity index (χ3n) is 3.96. The normalized spacial score (nSPS) is 23.3. The molecule has 1 aromatic rings. The number of nitrogens with one attached hydrogen (secondary N) is 1. The van der Waals surface area contributed by atoms with Gasteiger partial charge in [-0.2, -0.15) is 5.10 Å². The van der Waals surface area contributed by atoms with Gasteiger partial charge in [-0.3, -0.25) is 0 Å². The summed E-state index contributed by atoms with van der Waals surface area (Å²) in [7, 11) is -1.32. The number of rotatable bonds is 7. The van der Waals surface area contributed by atoms with Gasteiger partial charge in [-0.25, -0.2) is 18.1 Å². The summed E-state index contributed by atoms with van der Waals surface area (Å²) >= 11 is 0. The molecule has 2 rings (SSSR count). The predicted octanol–water partition coefficient (Wildman–Crippen LogP) is 0.542. The Morgan fingerprint density at radius 2 is 2.29 bits per heavy atom. The minimum absolute atomic E-state index is 0.125. The lowest BCUT2D eigenvalue weighted by atomic mass is 9.95. The van der Waals surface area contributed by atoms with Gasteiger partial charge in [0.2, 0.25) is 0 Å². The van der Waals surface area contributed by atoms with E-state index in [4.69, 9.17) is 4.74 Å². The second kappa shape index (κ2) is 7.33. The molecule has 7 nitrogen and oxygen atoms in total. The minimum atomic E-state index is -2.98. The van der Waals surface area contributed by atoms with E-state index in [1.165, 1.54) is 12.6 Å². The monoisotopic (exact) mass is 316 g/mol. The van der Waals surface area contributed by atoms with Gasteiger partial charge < -0.3 is 10.1 Å². The van der Waals surface area contributed by atoms with E-state index in [0.29, 0.717) is 19.6 Å². The molecule has 1 saturated carbocycles. The first-order chi connectivity index (χ1) is 10.0. The van der Waals surface area contributed by atoms with Crippen LogP contribution in [0.3, 0.4) is 0 Å². The van der Waals surface area contributed by atoms with Gasteiger partial charge in [-0.1, -0.05) is 6.42 Å². The zero-order valence-corrected chi connectivity index (χ0v) is 13.5. The van der Waals surface area contributed by atoms with Crippen molar-refractivity contribution in [2.75, 3.05) is 26.5 Å². The molecular formula is C13H24N4O3S. The Kier molecular flexibility index (Phi) is 5.72. The van der Waals surface area contributed by atoms with Crippen LogP contribution in [-0.4, -0.2) is 54.9 Å². The van der Waals surface area contributed by atoms with Crippen LogP contribution < -0.4 is 5.32 Å². The lowest BCUT2D eigenvalue weighted by molar-refractivity contribution is 0.198. The first-order valence-electron chi connectivity index (χ1n) is 7.29. The molecule has 0 saturated heterocycles. The second-order valence-corrected chi connectivity index (χ2v) is 7.89. The Hall–Kier alpha value is -0.990. The molecule has 1 aliphatic rings. The van der Waals surface area contributed by atoms with Crippen molar-refractivity contribution in [2.45, 2.75) is 43.5 Å². The lowest BCUT2D eigenvalue weighted by Crippen LogP contribution is -2.31. The summed E-state index contributed by atoms with van der Waals surface area (Å²) in [4.78, 5) is 4.28. The quantitative estimate of drug-likeness (QED) is 0.739. The van der Waals surface area contributed by atoms with Crippen molar-refractivity contribution in [3.8, 4) is 0 Å². The van der Waals surface area contributed by atoms with Gasteiger partial charge in [-0.05, 0) is 19.3 Å². The Labute approximate surface area is 126 Å². The van der Waals surface area contributed by atoms with E-state index >= 15 is 0 Å². The van der Waals surface area contributed by atoms with E-state index in [0.717, 1.165) is 31.6 Å². The fourth-order valence-corrected chi connectivity index (χ4v) is 3.98. The molecule has 21 heavy (non-hydrogen) atoms. The summed E-state index contributed by atoms with van der Waals surface area (Å²) in [5, 5.41) is 7.28. The van der Waals surface area contributed by atoms with E-state index < -0.39 is 9.84 Å². The highest BCUT2D eigenvalue weighted by Gasteiger charge is 2.31. The number of hydrogen-bond donors (Lipinski definition) is 1. The number of ether oxygens (including phenoxy) is 1. The largest absolute Gasteiger partial charge is 0.383 e. The summed E-state index contributed by atoms with van der Waals surface area (Å²) in [6.45, 7) is 2.01. The summed E-state index contributed by atoms with van der Waals surface area (Å²) < 4.78 is 30.4. The summed E-state index contributed by atoms with van der Waals surface area (Å²) in [5.74, 6) is 0.852. The molecule has 0 amide bonds. The predicted molar refractivity (Wildman–Crippen MR) is 79.7 cm³/mol. The van der Waals surface area contributed by atoms with Gasteiger partial charge >= 0.3 is 0 Å². The second-order valence-electron chi connectivity index (χ2n) is 5.56. The highest BCUT2D eigenvalue weighted by atomic mass is 32.2. The molecule has 0 spiro atoms. The third kappa shape index (κ3) is 4.49. The molecule has 1 N–H and O–H groups in total. The first kappa shape index (κ1) is 16.4. The maximum atomic E-state index is 11.8. The number of sulfone groups is 1. The van der Waals surface area contributed by atoms with E-state index in [1.54, 1.807) is 7.11 Å².